The third-order valence-corrected chi connectivity index (χ3v) is 7.33. The molecule has 3 aromatic rings. The molecule has 0 aliphatic carbocycles. The Hall–Kier alpha value is -2.42. The number of aryl methyl sites for hydroxylation is 1. The van der Waals surface area contributed by atoms with Crippen LogP contribution < -0.4 is 5.56 Å². The molecular weight excluding hydrogens is 466 g/mol. The number of fused-ring (bicyclic) bond motifs is 3. The van der Waals surface area contributed by atoms with Gasteiger partial charge in [0.15, 0.2) is 0 Å². The average molecular weight is 504 g/mol. The van der Waals surface area contributed by atoms with Gasteiger partial charge in [0.05, 0.1) is 28.7 Å². The van der Waals surface area contributed by atoms with Crippen molar-refractivity contribution in [2.75, 3.05) is 39.9 Å². The maximum atomic E-state index is 13.6. The van der Waals surface area contributed by atoms with E-state index in [2.05, 4.69) is 29.0 Å². The first kappa shape index (κ1) is 27.2. The van der Waals surface area contributed by atoms with Crippen LogP contribution in [0.4, 0.5) is 0 Å². The zero-order valence-electron chi connectivity index (χ0n) is 20.2. The molecule has 1 amide bonds. The van der Waals surface area contributed by atoms with Gasteiger partial charge in [-0.3, -0.25) is 14.3 Å². The molecule has 8 nitrogen and oxygen atoms in total. The normalized spacial score (nSPS) is 18.7. The standard InChI is InChI=1S/C25H33N5O3.CH4.ClH/c1-4-8-28(3)18-5-9-29(15-18)25(32)19-13-20-22(12-16(19)2)27-24(31)21-14-26-30(23(20)21)17-6-10-33-11-7-17;;/h12-14,17-18H,4-11,15H2,1-3H3,(H,27,31);1H4;1H/t18-;;/m1../s1. The van der Waals surface area contributed by atoms with E-state index in [0.717, 1.165) is 67.3 Å². The SMILES string of the molecule is C.CCCN(C)[C@@H]1CCN(C(=O)c2cc3c(cc2C)[nH]c(=O)c2cnn(C4CCOCC4)c23)C1.Cl. The number of H-pyrrole nitrogens is 1. The molecule has 2 aromatic heterocycles. The minimum absolute atomic E-state index is 0. The van der Waals surface area contributed by atoms with Gasteiger partial charge in [-0.1, -0.05) is 14.4 Å². The number of aromatic nitrogens is 3. The summed E-state index contributed by atoms with van der Waals surface area (Å²) in [4.78, 5) is 33.7. The zero-order chi connectivity index (χ0) is 23.1. The van der Waals surface area contributed by atoms with Gasteiger partial charge in [0.25, 0.3) is 11.5 Å². The fourth-order valence-electron chi connectivity index (χ4n) is 5.42. The van der Waals surface area contributed by atoms with E-state index in [0.29, 0.717) is 30.2 Å². The minimum Gasteiger partial charge on any atom is -0.381 e. The molecule has 1 aromatic carbocycles. The van der Waals surface area contributed by atoms with Crippen LogP contribution in [-0.4, -0.2) is 76.4 Å². The van der Waals surface area contributed by atoms with Crippen molar-refractivity contribution in [2.24, 2.45) is 0 Å². The van der Waals surface area contributed by atoms with E-state index < -0.39 is 0 Å². The predicted molar refractivity (Wildman–Crippen MR) is 143 cm³/mol. The number of carbonyl (C=O) groups excluding carboxylic acids is 1. The first-order chi connectivity index (χ1) is 16.0. The molecule has 0 spiro atoms. The molecule has 4 heterocycles. The summed E-state index contributed by atoms with van der Waals surface area (Å²) in [7, 11) is 2.15. The van der Waals surface area contributed by atoms with Crippen LogP contribution in [0.5, 0.6) is 0 Å². The van der Waals surface area contributed by atoms with Crippen LogP contribution in [0.15, 0.2) is 23.1 Å². The van der Waals surface area contributed by atoms with Crippen LogP contribution in [0.25, 0.3) is 21.8 Å². The number of hydrogen-bond donors (Lipinski definition) is 1. The van der Waals surface area contributed by atoms with E-state index in [4.69, 9.17) is 4.74 Å². The molecule has 0 saturated carbocycles. The van der Waals surface area contributed by atoms with Crippen LogP contribution >= 0.6 is 12.4 Å². The number of nitrogens with zero attached hydrogens (tertiary/aromatic N) is 4. The molecule has 35 heavy (non-hydrogen) atoms. The van der Waals surface area contributed by atoms with Crippen LogP contribution in [0.2, 0.25) is 0 Å². The van der Waals surface area contributed by atoms with Gasteiger partial charge >= 0.3 is 0 Å². The minimum atomic E-state index is -0.143. The second kappa shape index (κ2) is 11.1. The van der Waals surface area contributed by atoms with E-state index in [1.54, 1.807) is 6.20 Å². The van der Waals surface area contributed by atoms with Gasteiger partial charge in [-0.05, 0) is 63.9 Å². The van der Waals surface area contributed by atoms with Crippen molar-refractivity contribution in [3.8, 4) is 0 Å². The number of aromatic amines is 1. The highest BCUT2D eigenvalue weighted by Crippen LogP contribution is 2.30. The summed E-state index contributed by atoms with van der Waals surface area (Å²) >= 11 is 0. The molecular formula is C26H38ClN5O3. The molecule has 1 atom stereocenters. The van der Waals surface area contributed by atoms with Gasteiger partial charge in [0.2, 0.25) is 0 Å². The number of likely N-dealkylation sites (tertiary alicyclic amines) is 1. The molecule has 2 aliphatic rings. The molecule has 0 unspecified atom stereocenters. The summed E-state index contributed by atoms with van der Waals surface area (Å²) in [6, 6.07) is 4.50. The van der Waals surface area contributed by atoms with Gasteiger partial charge < -0.3 is 19.5 Å². The molecule has 2 fully saturated rings. The summed E-state index contributed by atoms with van der Waals surface area (Å²) in [5.41, 5.74) is 3.00. The van der Waals surface area contributed by atoms with Crippen LogP contribution in [0.1, 0.15) is 62.0 Å². The number of benzene rings is 1. The van der Waals surface area contributed by atoms with Gasteiger partial charge in [0.1, 0.15) is 0 Å². The molecule has 1 N–H and O–H groups in total. The van der Waals surface area contributed by atoms with Crippen molar-refractivity contribution in [3.63, 3.8) is 0 Å². The van der Waals surface area contributed by atoms with Gasteiger partial charge in [0, 0.05) is 43.3 Å². The lowest BCUT2D eigenvalue weighted by Crippen LogP contribution is -2.37. The average Bonchev–Trinajstić information content (AvgIpc) is 3.48. The van der Waals surface area contributed by atoms with Gasteiger partial charge in [-0.15, -0.1) is 12.4 Å². The lowest BCUT2D eigenvalue weighted by molar-refractivity contribution is 0.0675. The Morgan fingerprint density at radius 1 is 1.23 bits per heavy atom. The summed E-state index contributed by atoms with van der Waals surface area (Å²) in [5, 5.41) is 6.04. The molecule has 5 rings (SSSR count). The Morgan fingerprint density at radius 3 is 2.69 bits per heavy atom. The zero-order valence-corrected chi connectivity index (χ0v) is 21.0. The van der Waals surface area contributed by atoms with E-state index >= 15 is 0 Å². The van der Waals surface area contributed by atoms with Crippen molar-refractivity contribution in [2.45, 2.75) is 59.0 Å². The second-order valence-electron chi connectivity index (χ2n) is 9.54. The number of pyridine rings is 1. The van der Waals surface area contributed by atoms with Crippen molar-refractivity contribution in [3.05, 3.63) is 39.8 Å². The third kappa shape index (κ3) is 4.97. The lowest BCUT2D eigenvalue weighted by Gasteiger charge is -2.24. The van der Waals surface area contributed by atoms with Crippen LogP contribution in [0.3, 0.4) is 0 Å². The van der Waals surface area contributed by atoms with E-state index in [1.807, 2.05) is 28.6 Å². The summed E-state index contributed by atoms with van der Waals surface area (Å²) in [6.45, 7) is 8.09. The highest BCUT2D eigenvalue weighted by molar-refractivity contribution is 6.07. The van der Waals surface area contributed by atoms with Crippen molar-refractivity contribution < 1.29 is 9.53 Å². The van der Waals surface area contributed by atoms with E-state index in [-0.39, 0.29) is 37.3 Å². The molecule has 0 radical (unpaired) electrons. The summed E-state index contributed by atoms with van der Waals surface area (Å²) in [6.07, 6.45) is 5.49. The topological polar surface area (TPSA) is 83.5 Å². The molecule has 2 saturated heterocycles. The summed E-state index contributed by atoms with van der Waals surface area (Å²) in [5.74, 6) is 0.0679. The van der Waals surface area contributed by atoms with E-state index in [9.17, 15) is 9.59 Å². The first-order valence-corrected chi connectivity index (χ1v) is 12.1. The Kier molecular flexibility index (Phi) is 8.62. The van der Waals surface area contributed by atoms with Gasteiger partial charge in [-0.2, -0.15) is 5.10 Å². The fraction of sp³-hybridized carbons (Fsp3) is 0.577. The Bertz CT molecular complexity index is 1250. The number of rotatable bonds is 5. The fourth-order valence-corrected chi connectivity index (χ4v) is 5.42. The monoisotopic (exact) mass is 503 g/mol. The van der Waals surface area contributed by atoms with Gasteiger partial charge in [-0.25, -0.2) is 0 Å². The molecule has 2 aliphatic heterocycles. The van der Waals surface area contributed by atoms with Crippen molar-refractivity contribution >= 4 is 40.1 Å². The lowest BCUT2D eigenvalue weighted by atomic mass is 10.0. The largest absolute Gasteiger partial charge is 0.381 e. The molecule has 192 valence electrons. The predicted octanol–water partition coefficient (Wildman–Crippen LogP) is 4.15. The summed E-state index contributed by atoms with van der Waals surface area (Å²) < 4.78 is 7.50. The quantitative estimate of drug-likeness (QED) is 0.565. The second-order valence-corrected chi connectivity index (χ2v) is 9.54. The highest BCUT2D eigenvalue weighted by atomic mass is 35.5. The first-order valence-electron chi connectivity index (χ1n) is 12.1. The van der Waals surface area contributed by atoms with E-state index in [1.165, 1.54) is 0 Å². The number of nitrogens with one attached hydrogen (secondary N) is 1. The number of hydrogen-bond acceptors (Lipinski definition) is 5. The smallest absolute Gasteiger partial charge is 0.259 e. The Morgan fingerprint density at radius 2 is 1.97 bits per heavy atom. The van der Waals surface area contributed by atoms with Crippen LogP contribution in [0, 0.1) is 6.92 Å². The van der Waals surface area contributed by atoms with Crippen LogP contribution in [-0.2, 0) is 4.74 Å². The number of ether oxygens (including phenoxy) is 1. The Balaban J connectivity index is 0.00000171. The maximum Gasteiger partial charge on any atom is 0.259 e. The molecule has 9 heteroatoms. The number of amides is 1. The van der Waals surface area contributed by atoms with Crippen molar-refractivity contribution in [1.82, 2.24) is 24.6 Å². The maximum absolute atomic E-state index is 13.6. The Labute approximate surface area is 213 Å². The number of likely N-dealkylation sites (N-methyl/N-ethyl adjacent to an activating group) is 1. The third-order valence-electron chi connectivity index (χ3n) is 7.33. The number of halogens is 1. The molecule has 0 bridgehead atoms. The van der Waals surface area contributed by atoms with Crippen molar-refractivity contribution in [1.29, 1.82) is 0 Å². The highest BCUT2D eigenvalue weighted by Gasteiger charge is 2.30. The number of carbonyl (C=O) groups is 1.